The third-order valence-corrected chi connectivity index (χ3v) is 4.17. The molecule has 2 nitrogen and oxygen atoms in total. The third kappa shape index (κ3) is 2.83. The van der Waals surface area contributed by atoms with Crippen LogP contribution < -0.4 is 0 Å². The van der Waals surface area contributed by atoms with Crippen molar-refractivity contribution in [1.29, 1.82) is 0 Å². The molecule has 0 aliphatic carbocycles. The molecule has 0 aliphatic heterocycles. The minimum absolute atomic E-state index is 0.370. The van der Waals surface area contributed by atoms with Crippen LogP contribution in [0.15, 0.2) is 53.7 Å². The van der Waals surface area contributed by atoms with Crippen LogP contribution >= 0.6 is 11.8 Å². The maximum absolute atomic E-state index is 13.3. The van der Waals surface area contributed by atoms with E-state index in [0.717, 1.165) is 27.9 Å². The number of pyridine rings is 1. The Labute approximate surface area is 124 Å². The van der Waals surface area contributed by atoms with Gasteiger partial charge >= 0.3 is 0 Å². The van der Waals surface area contributed by atoms with Crippen LogP contribution in [0.25, 0.3) is 10.8 Å². The number of aromatic nitrogens is 1. The molecule has 0 bridgehead atoms. The largest absolute Gasteiger partial charge is 0.503 e. The molecule has 0 saturated heterocycles. The van der Waals surface area contributed by atoms with Gasteiger partial charge in [-0.25, -0.2) is 13.8 Å². The first-order chi connectivity index (χ1) is 10.1. The number of nitrogens with zero attached hydrogens (tertiary/aromatic N) is 1. The highest BCUT2D eigenvalue weighted by Crippen LogP contribution is 2.30. The van der Waals surface area contributed by atoms with Crippen LogP contribution in [0.3, 0.4) is 0 Å². The van der Waals surface area contributed by atoms with Crippen molar-refractivity contribution in [2.75, 3.05) is 0 Å². The molecule has 0 spiro atoms. The van der Waals surface area contributed by atoms with Gasteiger partial charge in [0, 0.05) is 17.3 Å². The van der Waals surface area contributed by atoms with E-state index in [-0.39, 0.29) is 0 Å². The Balaban J connectivity index is 1.87. The van der Waals surface area contributed by atoms with E-state index in [1.165, 1.54) is 11.8 Å². The molecule has 106 valence electrons. The van der Waals surface area contributed by atoms with E-state index in [4.69, 9.17) is 5.11 Å². The van der Waals surface area contributed by atoms with Crippen molar-refractivity contribution in [3.05, 3.63) is 65.9 Å². The second-order valence-electron chi connectivity index (χ2n) is 4.53. The number of rotatable bonds is 3. The number of phenolic OH excluding ortho intramolecular Hbond substituents is 1. The SMILES string of the molecule is Oc1c(F)cc(CSc2nccc3ccccc23)cc1F. The number of fused-ring (bicyclic) bond motifs is 1. The minimum Gasteiger partial charge on any atom is -0.503 e. The second kappa shape index (κ2) is 5.69. The summed E-state index contributed by atoms with van der Waals surface area (Å²) in [6.45, 7) is 0. The van der Waals surface area contributed by atoms with Gasteiger partial charge < -0.3 is 5.11 Å². The van der Waals surface area contributed by atoms with Crippen LogP contribution in [-0.4, -0.2) is 10.1 Å². The van der Waals surface area contributed by atoms with E-state index in [1.807, 2.05) is 30.3 Å². The zero-order valence-electron chi connectivity index (χ0n) is 10.9. The predicted molar refractivity (Wildman–Crippen MR) is 79.3 cm³/mol. The van der Waals surface area contributed by atoms with Gasteiger partial charge in [-0.15, -0.1) is 11.8 Å². The van der Waals surface area contributed by atoms with Gasteiger partial charge in [0.1, 0.15) is 5.03 Å². The Morgan fingerprint density at radius 3 is 2.52 bits per heavy atom. The first kappa shape index (κ1) is 13.8. The molecule has 1 N–H and O–H groups in total. The van der Waals surface area contributed by atoms with Crippen molar-refractivity contribution in [2.24, 2.45) is 0 Å². The summed E-state index contributed by atoms with van der Waals surface area (Å²) in [5.41, 5.74) is 0.461. The molecule has 1 heterocycles. The first-order valence-corrected chi connectivity index (χ1v) is 7.27. The van der Waals surface area contributed by atoms with Crippen LogP contribution in [0.1, 0.15) is 5.56 Å². The van der Waals surface area contributed by atoms with Gasteiger partial charge in [-0.05, 0) is 29.1 Å². The van der Waals surface area contributed by atoms with Gasteiger partial charge in [0.05, 0.1) is 0 Å². The maximum atomic E-state index is 13.3. The van der Waals surface area contributed by atoms with Gasteiger partial charge in [0.25, 0.3) is 0 Å². The van der Waals surface area contributed by atoms with E-state index in [0.29, 0.717) is 11.3 Å². The number of hydrogen-bond donors (Lipinski definition) is 1. The molecule has 0 amide bonds. The molecular formula is C16H11F2NOS. The Morgan fingerprint density at radius 2 is 1.76 bits per heavy atom. The summed E-state index contributed by atoms with van der Waals surface area (Å²) in [7, 11) is 0. The van der Waals surface area contributed by atoms with Crippen molar-refractivity contribution in [2.45, 2.75) is 10.8 Å². The van der Waals surface area contributed by atoms with Crippen LogP contribution in [0.4, 0.5) is 8.78 Å². The summed E-state index contributed by atoms with van der Waals surface area (Å²) in [5, 5.41) is 12.0. The molecule has 5 heteroatoms. The molecule has 0 unspecified atom stereocenters. The standard InChI is InChI=1S/C16H11F2NOS/c17-13-7-10(8-14(18)15(13)20)9-21-16-12-4-2-1-3-11(12)5-6-19-16/h1-8,20H,9H2. The molecule has 0 aliphatic rings. The molecule has 0 saturated carbocycles. The van der Waals surface area contributed by atoms with E-state index in [1.54, 1.807) is 6.20 Å². The fourth-order valence-electron chi connectivity index (χ4n) is 2.06. The fraction of sp³-hybridized carbons (Fsp3) is 0.0625. The van der Waals surface area contributed by atoms with Crippen LogP contribution in [-0.2, 0) is 5.75 Å². The van der Waals surface area contributed by atoms with Crippen molar-refractivity contribution in [3.63, 3.8) is 0 Å². The number of benzene rings is 2. The lowest BCUT2D eigenvalue weighted by molar-refractivity contribution is 0.395. The van der Waals surface area contributed by atoms with Crippen molar-refractivity contribution in [1.82, 2.24) is 4.98 Å². The Hall–Kier alpha value is -2.14. The molecule has 1 aromatic heterocycles. The summed E-state index contributed by atoms with van der Waals surface area (Å²) in [4.78, 5) is 4.31. The highest BCUT2D eigenvalue weighted by Gasteiger charge is 2.10. The number of halogens is 2. The third-order valence-electron chi connectivity index (χ3n) is 3.09. The topological polar surface area (TPSA) is 33.1 Å². The zero-order valence-corrected chi connectivity index (χ0v) is 11.7. The van der Waals surface area contributed by atoms with E-state index >= 15 is 0 Å². The van der Waals surface area contributed by atoms with Gasteiger partial charge in [0.15, 0.2) is 17.4 Å². The first-order valence-electron chi connectivity index (χ1n) is 6.28. The van der Waals surface area contributed by atoms with E-state index in [9.17, 15) is 8.78 Å². The van der Waals surface area contributed by atoms with Crippen molar-refractivity contribution >= 4 is 22.5 Å². The molecule has 3 rings (SSSR count). The average Bonchev–Trinajstić information content (AvgIpc) is 2.50. The Morgan fingerprint density at radius 1 is 1.05 bits per heavy atom. The van der Waals surface area contributed by atoms with Crippen molar-refractivity contribution in [3.8, 4) is 5.75 Å². The molecule has 0 radical (unpaired) electrons. The Bertz CT molecular complexity index is 779. The number of aromatic hydroxyl groups is 1. The van der Waals surface area contributed by atoms with E-state index < -0.39 is 17.4 Å². The Kier molecular flexibility index (Phi) is 3.75. The fourth-order valence-corrected chi connectivity index (χ4v) is 3.01. The lowest BCUT2D eigenvalue weighted by atomic mass is 10.2. The minimum atomic E-state index is -0.948. The number of hydrogen-bond acceptors (Lipinski definition) is 3. The van der Waals surface area contributed by atoms with Gasteiger partial charge in [0.2, 0.25) is 0 Å². The van der Waals surface area contributed by atoms with Crippen LogP contribution in [0.2, 0.25) is 0 Å². The lowest BCUT2D eigenvalue weighted by Gasteiger charge is -2.06. The molecule has 0 fully saturated rings. The zero-order chi connectivity index (χ0) is 14.8. The van der Waals surface area contributed by atoms with E-state index in [2.05, 4.69) is 4.98 Å². The molecule has 0 atom stereocenters. The lowest BCUT2D eigenvalue weighted by Crippen LogP contribution is -1.90. The highest BCUT2D eigenvalue weighted by atomic mass is 32.2. The monoisotopic (exact) mass is 303 g/mol. The van der Waals surface area contributed by atoms with Gasteiger partial charge in [-0.3, -0.25) is 0 Å². The average molecular weight is 303 g/mol. The summed E-state index contributed by atoms with van der Waals surface area (Å²) < 4.78 is 26.6. The molecular weight excluding hydrogens is 292 g/mol. The maximum Gasteiger partial charge on any atom is 0.187 e. The molecule has 21 heavy (non-hydrogen) atoms. The van der Waals surface area contributed by atoms with Crippen LogP contribution in [0.5, 0.6) is 5.75 Å². The highest BCUT2D eigenvalue weighted by molar-refractivity contribution is 7.98. The summed E-state index contributed by atoms with van der Waals surface area (Å²) in [6.07, 6.45) is 1.71. The number of phenols is 1. The molecule has 2 aromatic carbocycles. The van der Waals surface area contributed by atoms with Crippen molar-refractivity contribution < 1.29 is 13.9 Å². The molecule has 3 aromatic rings. The van der Waals surface area contributed by atoms with Gasteiger partial charge in [-0.1, -0.05) is 24.3 Å². The predicted octanol–water partition coefficient (Wildman–Crippen LogP) is 4.51. The summed E-state index contributed by atoms with van der Waals surface area (Å²) in [6, 6.07) is 12.0. The second-order valence-corrected chi connectivity index (χ2v) is 5.50. The summed E-state index contributed by atoms with van der Waals surface area (Å²) >= 11 is 1.40. The quantitative estimate of drug-likeness (QED) is 0.723. The smallest absolute Gasteiger partial charge is 0.187 e. The number of thioether (sulfide) groups is 1. The normalized spacial score (nSPS) is 11.0. The van der Waals surface area contributed by atoms with Crippen LogP contribution in [0, 0.1) is 11.6 Å². The summed E-state index contributed by atoms with van der Waals surface area (Å²) in [5.74, 6) is -2.46. The van der Waals surface area contributed by atoms with Gasteiger partial charge in [-0.2, -0.15) is 0 Å².